The van der Waals surface area contributed by atoms with Crippen LogP contribution in [0.1, 0.15) is 35.6 Å². The molecule has 0 atom stereocenters. The van der Waals surface area contributed by atoms with Gasteiger partial charge in [-0.05, 0) is 37.0 Å². The van der Waals surface area contributed by atoms with Crippen LogP contribution in [0, 0.1) is 17.6 Å². The standard InChI is InChI=1S/C16H19F2N3O/c1-10(2)8-11-9-15(21-20-11)16(22)19-7-6-12-13(17)4-3-5-14(12)18/h3-5,9-10H,6-8H2,1-2H3,(H,19,22)(H,20,21). The maximum Gasteiger partial charge on any atom is 0.271 e. The normalized spacial score (nSPS) is 11.0. The average Bonchev–Trinajstić information content (AvgIpc) is 2.89. The highest BCUT2D eigenvalue weighted by Gasteiger charge is 2.12. The van der Waals surface area contributed by atoms with Gasteiger partial charge in [0.1, 0.15) is 17.3 Å². The third-order valence-electron chi connectivity index (χ3n) is 3.21. The van der Waals surface area contributed by atoms with Crippen LogP contribution in [0.3, 0.4) is 0 Å². The lowest BCUT2D eigenvalue weighted by molar-refractivity contribution is 0.0949. The number of aromatic amines is 1. The molecule has 1 heterocycles. The number of hydrogen-bond donors (Lipinski definition) is 2. The van der Waals surface area contributed by atoms with Gasteiger partial charge in [0.2, 0.25) is 0 Å². The van der Waals surface area contributed by atoms with Crippen molar-refractivity contribution in [1.29, 1.82) is 0 Å². The SMILES string of the molecule is CC(C)Cc1cc(C(=O)NCCc2c(F)cccc2F)n[nH]1. The molecule has 2 aromatic rings. The van der Waals surface area contributed by atoms with Crippen LogP contribution in [0.15, 0.2) is 24.3 Å². The fourth-order valence-electron chi connectivity index (χ4n) is 2.19. The summed E-state index contributed by atoms with van der Waals surface area (Å²) in [6, 6.07) is 5.41. The van der Waals surface area contributed by atoms with Gasteiger partial charge in [-0.3, -0.25) is 9.89 Å². The maximum absolute atomic E-state index is 13.5. The van der Waals surface area contributed by atoms with E-state index in [9.17, 15) is 13.6 Å². The smallest absolute Gasteiger partial charge is 0.271 e. The number of carbonyl (C=O) groups is 1. The number of aromatic nitrogens is 2. The van der Waals surface area contributed by atoms with Crippen LogP contribution in [0.25, 0.3) is 0 Å². The van der Waals surface area contributed by atoms with E-state index in [4.69, 9.17) is 0 Å². The molecule has 2 rings (SSSR count). The number of hydrogen-bond acceptors (Lipinski definition) is 2. The van der Waals surface area contributed by atoms with Crippen molar-refractivity contribution in [2.45, 2.75) is 26.7 Å². The molecule has 0 saturated heterocycles. The zero-order chi connectivity index (χ0) is 16.1. The Morgan fingerprint density at radius 2 is 2.00 bits per heavy atom. The Hall–Kier alpha value is -2.24. The largest absolute Gasteiger partial charge is 0.350 e. The third-order valence-corrected chi connectivity index (χ3v) is 3.21. The van der Waals surface area contributed by atoms with E-state index in [1.165, 1.54) is 18.2 Å². The second-order valence-corrected chi connectivity index (χ2v) is 5.58. The van der Waals surface area contributed by atoms with Gasteiger partial charge in [0.25, 0.3) is 5.91 Å². The molecule has 0 aliphatic carbocycles. The van der Waals surface area contributed by atoms with Gasteiger partial charge in [0, 0.05) is 17.8 Å². The van der Waals surface area contributed by atoms with Crippen molar-refractivity contribution in [2.24, 2.45) is 5.92 Å². The number of halogens is 2. The monoisotopic (exact) mass is 307 g/mol. The Labute approximate surface area is 127 Å². The molecule has 6 heteroatoms. The van der Waals surface area contributed by atoms with E-state index in [-0.39, 0.29) is 30.1 Å². The van der Waals surface area contributed by atoms with Gasteiger partial charge in [-0.15, -0.1) is 0 Å². The molecule has 0 radical (unpaired) electrons. The summed E-state index contributed by atoms with van der Waals surface area (Å²) in [6.45, 7) is 4.29. The number of nitrogens with zero attached hydrogens (tertiary/aromatic N) is 1. The summed E-state index contributed by atoms with van der Waals surface area (Å²) in [5.74, 6) is -1.11. The maximum atomic E-state index is 13.5. The fraction of sp³-hybridized carbons (Fsp3) is 0.375. The van der Waals surface area contributed by atoms with Crippen molar-refractivity contribution in [3.8, 4) is 0 Å². The highest BCUT2D eigenvalue weighted by atomic mass is 19.1. The molecule has 2 N–H and O–H groups in total. The lowest BCUT2D eigenvalue weighted by Gasteiger charge is -2.05. The van der Waals surface area contributed by atoms with Crippen molar-refractivity contribution in [2.75, 3.05) is 6.54 Å². The Balaban J connectivity index is 1.89. The summed E-state index contributed by atoms with van der Waals surface area (Å²) in [4.78, 5) is 11.9. The molecule has 0 aliphatic heterocycles. The highest BCUT2D eigenvalue weighted by molar-refractivity contribution is 5.92. The number of nitrogens with one attached hydrogen (secondary N) is 2. The van der Waals surface area contributed by atoms with Crippen LogP contribution in [-0.4, -0.2) is 22.6 Å². The molecular formula is C16H19F2N3O. The molecule has 1 amide bonds. The highest BCUT2D eigenvalue weighted by Crippen LogP contribution is 2.12. The molecule has 22 heavy (non-hydrogen) atoms. The lowest BCUT2D eigenvalue weighted by atomic mass is 10.1. The minimum Gasteiger partial charge on any atom is -0.350 e. The first-order valence-electron chi connectivity index (χ1n) is 7.22. The van der Waals surface area contributed by atoms with Crippen LogP contribution in [0.5, 0.6) is 0 Å². The van der Waals surface area contributed by atoms with Crippen molar-refractivity contribution in [3.05, 3.63) is 52.9 Å². The number of H-pyrrole nitrogens is 1. The van der Waals surface area contributed by atoms with Crippen LogP contribution in [0.4, 0.5) is 8.78 Å². The van der Waals surface area contributed by atoms with Crippen LogP contribution >= 0.6 is 0 Å². The Morgan fingerprint density at radius 3 is 2.64 bits per heavy atom. The van der Waals surface area contributed by atoms with Crippen molar-refractivity contribution in [1.82, 2.24) is 15.5 Å². The van der Waals surface area contributed by atoms with E-state index in [1.807, 2.05) is 0 Å². The molecule has 1 aromatic heterocycles. The van der Waals surface area contributed by atoms with Crippen molar-refractivity contribution < 1.29 is 13.6 Å². The average molecular weight is 307 g/mol. The zero-order valence-electron chi connectivity index (χ0n) is 12.6. The number of rotatable bonds is 6. The van der Waals surface area contributed by atoms with Gasteiger partial charge in [-0.25, -0.2) is 8.78 Å². The number of carbonyl (C=O) groups excluding carboxylic acids is 1. The molecule has 0 bridgehead atoms. The van der Waals surface area contributed by atoms with Crippen molar-refractivity contribution >= 4 is 5.91 Å². The topological polar surface area (TPSA) is 57.8 Å². The van der Waals surface area contributed by atoms with Gasteiger partial charge >= 0.3 is 0 Å². The molecule has 0 spiro atoms. The molecule has 0 saturated carbocycles. The third kappa shape index (κ3) is 4.13. The number of amides is 1. The van der Waals surface area contributed by atoms with E-state index in [0.29, 0.717) is 5.92 Å². The number of benzene rings is 1. The Kier molecular flexibility index (Phi) is 5.25. The summed E-state index contributed by atoms with van der Waals surface area (Å²) in [6.07, 6.45) is 0.897. The molecule has 1 aromatic carbocycles. The first-order valence-corrected chi connectivity index (χ1v) is 7.22. The summed E-state index contributed by atoms with van der Waals surface area (Å²) in [5, 5.41) is 9.37. The quantitative estimate of drug-likeness (QED) is 0.862. The molecule has 0 unspecified atom stereocenters. The molecule has 118 valence electrons. The van der Waals surface area contributed by atoms with E-state index >= 15 is 0 Å². The van der Waals surface area contributed by atoms with Crippen LogP contribution < -0.4 is 5.32 Å². The molecule has 4 nitrogen and oxygen atoms in total. The van der Waals surface area contributed by atoms with Crippen LogP contribution in [0.2, 0.25) is 0 Å². The van der Waals surface area contributed by atoms with E-state index in [1.54, 1.807) is 6.07 Å². The van der Waals surface area contributed by atoms with Gasteiger partial charge in [0.15, 0.2) is 0 Å². The predicted molar refractivity (Wildman–Crippen MR) is 79.5 cm³/mol. The minimum atomic E-state index is -0.603. The first kappa shape index (κ1) is 16.1. The Bertz CT molecular complexity index is 632. The van der Waals surface area contributed by atoms with Gasteiger partial charge in [0.05, 0.1) is 0 Å². The lowest BCUT2D eigenvalue weighted by Crippen LogP contribution is -2.26. The predicted octanol–water partition coefficient (Wildman–Crippen LogP) is 2.86. The van der Waals surface area contributed by atoms with E-state index in [2.05, 4.69) is 29.4 Å². The van der Waals surface area contributed by atoms with Gasteiger partial charge in [-0.2, -0.15) is 5.10 Å². The molecule has 0 aliphatic rings. The van der Waals surface area contributed by atoms with E-state index < -0.39 is 11.6 Å². The zero-order valence-corrected chi connectivity index (χ0v) is 12.6. The van der Waals surface area contributed by atoms with E-state index in [0.717, 1.165) is 12.1 Å². The second-order valence-electron chi connectivity index (χ2n) is 5.58. The first-order chi connectivity index (χ1) is 10.5. The minimum absolute atomic E-state index is 0.0228. The van der Waals surface area contributed by atoms with Crippen LogP contribution in [-0.2, 0) is 12.8 Å². The van der Waals surface area contributed by atoms with Crippen molar-refractivity contribution in [3.63, 3.8) is 0 Å². The summed E-state index contributed by atoms with van der Waals surface area (Å²) in [5.41, 5.74) is 1.15. The summed E-state index contributed by atoms with van der Waals surface area (Å²) >= 11 is 0. The molecule has 0 fully saturated rings. The molecular weight excluding hydrogens is 288 g/mol. The van der Waals surface area contributed by atoms with Gasteiger partial charge < -0.3 is 5.32 Å². The fourth-order valence-corrected chi connectivity index (χ4v) is 2.19. The second kappa shape index (κ2) is 7.15. The summed E-state index contributed by atoms with van der Waals surface area (Å²) in [7, 11) is 0. The summed E-state index contributed by atoms with van der Waals surface area (Å²) < 4.78 is 26.9. The Morgan fingerprint density at radius 1 is 1.32 bits per heavy atom. The van der Waals surface area contributed by atoms with Gasteiger partial charge in [-0.1, -0.05) is 19.9 Å².